The van der Waals surface area contributed by atoms with E-state index in [0.29, 0.717) is 0 Å². The molecule has 0 saturated heterocycles. The van der Waals surface area contributed by atoms with Crippen molar-refractivity contribution in [2.45, 2.75) is 0 Å². The summed E-state index contributed by atoms with van der Waals surface area (Å²) in [6, 6.07) is 0. The molecule has 0 atom stereocenters. The maximum absolute atomic E-state index is 9.69. The maximum Gasteiger partial charge on any atom is 1.00 e. The zero-order valence-corrected chi connectivity index (χ0v) is 7.88. The van der Waals surface area contributed by atoms with Crippen molar-refractivity contribution < 1.29 is 34.1 Å². The van der Waals surface area contributed by atoms with Crippen LogP contribution in [0, 0.1) is 0 Å². The fourth-order valence-electron chi connectivity index (χ4n) is 0. The average Bonchev–Trinajstić information content (AvgIpc) is 1.00. The van der Waals surface area contributed by atoms with Crippen LogP contribution in [-0.2, 0) is 0 Å². The second-order valence-electron chi connectivity index (χ2n) is 0. The van der Waals surface area contributed by atoms with Gasteiger partial charge in [0.1, 0.15) is 0 Å². The van der Waals surface area contributed by atoms with E-state index in [1.807, 2.05) is 0 Å². The molecule has 0 aromatic carbocycles. The predicted octanol–water partition coefficient (Wildman–Crippen LogP) is -5.95. The molecule has 0 aromatic heterocycles. The Morgan fingerprint density at radius 3 is 1.25 bits per heavy atom. The standard InChI is InChI=1S/2FH.K.Na/h2*1H;;/q;;2*+1/p-2. The van der Waals surface area contributed by atoms with Crippen LogP contribution in [0.25, 0.3) is 0 Å². The molecular weight excluding hydrogens is 100 g/mol. The first-order valence-electron chi connectivity index (χ1n) is 0.378. The van der Waals surface area contributed by atoms with Gasteiger partial charge in [0.15, 0.2) is 0 Å². The smallest absolute Gasteiger partial charge is 1.00 e. The molecule has 0 bridgehead atoms. The topological polar surface area (TPSA) is 0 Å². The molecule has 0 aromatic rings. The van der Waals surface area contributed by atoms with Crippen molar-refractivity contribution >= 4 is 49.9 Å². The Hall–Kier alpha value is 2.50. The van der Waals surface area contributed by atoms with Crippen LogP contribution in [0.3, 0.4) is 0 Å². The number of hydrogen-bond donors (Lipinski definition) is 0. The summed E-state index contributed by atoms with van der Waals surface area (Å²) in [4.78, 5) is 0. The monoisotopic (exact) mass is 100.0 g/mol. The van der Waals surface area contributed by atoms with Crippen LogP contribution in [0.5, 0.6) is 0 Å². The van der Waals surface area contributed by atoms with Crippen molar-refractivity contribution in [2.24, 2.45) is 0 Å². The second-order valence-corrected chi connectivity index (χ2v) is 0. The SMILES string of the molecule is [F-].[F][K].[Na+]. The van der Waals surface area contributed by atoms with E-state index >= 15 is 0 Å². The van der Waals surface area contributed by atoms with E-state index in [0.717, 1.165) is 0 Å². The van der Waals surface area contributed by atoms with E-state index in [1.54, 1.807) is 0 Å². The van der Waals surface area contributed by atoms with Crippen LogP contribution in [-0.4, -0.2) is 49.9 Å². The Morgan fingerprint density at radius 1 is 1.25 bits per heavy atom. The molecule has 0 nitrogen and oxygen atoms in total. The van der Waals surface area contributed by atoms with Crippen molar-refractivity contribution in [1.29, 1.82) is 0 Å². The molecule has 16 valence electrons. The number of halogens is 2. The van der Waals surface area contributed by atoms with E-state index in [1.165, 1.54) is 0 Å². The number of hydrogen-bond acceptors (Lipinski definition) is 0. The van der Waals surface area contributed by atoms with E-state index in [4.69, 9.17) is 0 Å². The maximum atomic E-state index is 9.69. The third-order valence-electron chi connectivity index (χ3n) is 0. The van der Waals surface area contributed by atoms with Gasteiger partial charge in [-0.15, -0.1) is 0 Å². The zero-order valence-electron chi connectivity index (χ0n) is 2.76. The molecule has 0 fully saturated rings. The summed E-state index contributed by atoms with van der Waals surface area (Å²) in [6.45, 7) is 0. The third kappa shape index (κ3) is 8.82. The van der Waals surface area contributed by atoms with Crippen molar-refractivity contribution in [3.63, 3.8) is 0 Å². The molecule has 0 radical (unpaired) electrons. The van der Waals surface area contributed by atoms with E-state index in [2.05, 4.69) is 0 Å². The zero-order chi connectivity index (χ0) is 2.00. The molecule has 4 heteroatoms. The second kappa shape index (κ2) is 17.8. The van der Waals surface area contributed by atoms with Gasteiger partial charge < -0.3 is 4.70 Å². The molecule has 0 aliphatic carbocycles. The molecule has 0 saturated carbocycles. The largest absolute Gasteiger partial charge is 1.00 e. The van der Waals surface area contributed by atoms with Gasteiger partial charge in [-0.25, -0.2) is 0 Å². The minimum atomic E-state index is -0.438. The van der Waals surface area contributed by atoms with E-state index in [9.17, 15) is -0.211 Å². The summed E-state index contributed by atoms with van der Waals surface area (Å²) < 4.78 is 9.69. The summed E-state index contributed by atoms with van der Waals surface area (Å²) >= 11 is -0.438. The van der Waals surface area contributed by atoms with Gasteiger partial charge in [0.25, 0.3) is 0 Å². The molecule has 0 aliphatic rings. The summed E-state index contributed by atoms with van der Waals surface area (Å²) in [7, 11) is 0. The first kappa shape index (κ1) is 16.1. The quantitative estimate of drug-likeness (QED) is 0.266. The normalized spacial score (nSPS) is 1.75. The van der Waals surface area contributed by atoms with Gasteiger partial charge in [0.2, 0.25) is 0 Å². The Bertz CT molecular complexity index is 6.00. The fourth-order valence-corrected chi connectivity index (χ4v) is 0. The van der Waals surface area contributed by atoms with Crippen LogP contribution < -0.4 is 34.3 Å². The van der Waals surface area contributed by atoms with Crippen LogP contribution in [0.1, 0.15) is 0 Å². The fraction of sp³-hybridized carbons (Fsp3) is 0. The summed E-state index contributed by atoms with van der Waals surface area (Å²) in [5.74, 6) is 0. The Kier molecular flexibility index (Phi) is 71.6. The molecule has 0 aliphatic heterocycles. The third-order valence-corrected chi connectivity index (χ3v) is 0. The minimum absolute atomic E-state index is 0. The molecule has 0 spiro atoms. The van der Waals surface area contributed by atoms with Crippen molar-refractivity contribution in [3.05, 3.63) is 0 Å². The van der Waals surface area contributed by atoms with Gasteiger partial charge in [-0.05, 0) is 0 Å². The van der Waals surface area contributed by atoms with Crippen LogP contribution in [0.2, 0.25) is 0 Å². The number of rotatable bonds is 0. The predicted molar refractivity (Wildman–Crippen MR) is 6.86 cm³/mol. The van der Waals surface area contributed by atoms with Gasteiger partial charge in [0.05, 0.1) is 0 Å². The summed E-state index contributed by atoms with van der Waals surface area (Å²) in [5, 5.41) is 0. The van der Waals surface area contributed by atoms with Gasteiger partial charge in [0, 0.05) is 0 Å². The molecule has 0 amide bonds. The van der Waals surface area contributed by atoms with E-state index < -0.39 is 49.9 Å². The molecule has 4 heavy (non-hydrogen) atoms. The average molecular weight is 100 g/mol. The molecule has 0 rings (SSSR count). The summed E-state index contributed by atoms with van der Waals surface area (Å²) in [6.07, 6.45) is 0. The summed E-state index contributed by atoms with van der Waals surface area (Å²) in [5.41, 5.74) is 0. The van der Waals surface area contributed by atoms with Crippen molar-refractivity contribution in [1.82, 2.24) is 0 Å². The Labute approximate surface area is 81.8 Å². The minimum Gasteiger partial charge on any atom is 1.00 e. The van der Waals surface area contributed by atoms with Crippen molar-refractivity contribution in [3.8, 4) is 0 Å². The van der Waals surface area contributed by atoms with Crippen molar-refractivity contribution in [2.75, 3.05) is 0 Å². The van der Waals surface area contributed by atoms with Crippen LogP contribution >= 0.6 is 0 Å². The first-order valence-corrected chi connectivity index (χ1v) is 1.56. The van der Waals surface area contributed by atoms with Crippen LogP contribution in [0.4, 0.5) is -0.211 Å². The Balaban J connectivity index is -0.00000000500. The Morgan fingerprint density at radius 2 is 1.25 bits per heavy atom. The van der Waals surface area contributed by atoms with Gasteiger partial charge in [-0.2, -0.15) is 0 Å². The van der Waals surface area contributed by atoms with E-state index in [-0.39, 0.29) is 34.3 Å². The van der Waals surface area contributed by atoms with Gasteiger partial charge >= 0.3 is 79.3 Å². The van der Waals surface area contributed by atoms with Gasteiger partial charge in [-0.3, -0.25) is 0 Å². The molecule has 0 heterocycles. The molecule has 0 N–H and O–H groups in total. The van der Waals surface area contributed by atoms with Crippen LogP contribution in [0.15, 0.2) is 0 Å². The van der Waals surface area contributed by atoms with Gasteiger partial charge in [-0.1, -0.05) is 0 Å². The molecular formula is F2KNa. The first-order chi connectivity index (χ1) is 1.00. The molecule has 0 unspecified atom stereocenters.